The topological polar surface area (TPSA) is 77.2 Å². The molecule has 2 unspecified atom stereocenters. The van der Waals surface area contributed by atoms with Gasteiger partial charge < -0.3 is 9.84 Å². The summed E-state index contributed by atoms with van der Waals surface area (Å²) in [6.07, 6.45) is 4.40. The molecular weight excluding hydrogens is 366 g/mol. The van der Waals surface area contributed by atoms with E-state index in [-0.39, 0.29) is 23.9 Å². The molecule has 3 aromatic rings. The standard InChI is InChI=1S/C20H16ClN3O3/c21-13-4-3-5-15(8-13)27-19-7-2-1-6-16(19)17-9-14(25)10-18(26)20(17)24-12-22-11-23-24/h1-8,10-12,17,20,26H,9H2. The summed E-state index contributed by atoms with van der Waals surface area (Å²) in [4.78, 5) is 16.1. The van der Waals surface area contributed by atoms with E-state index in [0.717, 1.165) is 5.56 Å². The van der Waals surface area contributed by atoms with Crippen molar-refractivity contribution in [1.82, 2.24) is 14.8 Å². The van der Waals surface area contributed by atoms with Crippen LogP contribution in [0.1, 0.15) is 23.9 Å². The number of ether oxygens (including phenoxy) is 1. The number of rotatable bonds is 4. The highest BCUT2D eigenvalue weighted by molar-refractivity contribution is 6.30. The molecule has 6 nitrogen and oxygen atoms in total. The molecule has 1 N–H and O–H groups in total. The van der Waals surface area contributed by atoms with Gasteiger partial charge in [-0.15, -0.1) is 0 Å². The number of aliphatic hydroxyl groups is 1. The summed E-state index contributed by atoms with van der Waals surface area (Å²) in [6.45, 7) is 0. The van der Waals surface area contributed by atoms with Crippen molar-refractivity contribution < 1.29 is 14.6 Å². The van der Waals surface area contributed by atoms with E-state index in [9.17, 15) is 9.90 Å². The zero-order valence-corrected chi connectivity index (χ0v) is 15.0. The first-order valence-electron chi connectivity index (χ1n) is 8.41. The van der Waals surface area contributed by atoms with Gasteiger partial charge >= 0.3 is 0 Å². The van der Waals surface area contributed by atoms with E-state index in [1.807, 2.05) is 24.3 Å². The van der Waals surface area contributed by atoms with E-state index >= 15 is 0 Å². The van der Waals surface area contributed by atoms with Crippen molar-refractivity contribution >= 4 is 17.4 Å². The Balaban J connectivity index is 1.75. The lowest BCUT2D eigenvalue weighted by Crippen LogP contribution is -2.27. The molecule has 0 fully saturated rings. The van der Waals surface area contributed by atoms with E-state index in [1.165, 1.54) is 18.7 Å². The third-order valence-electron chi connectivity index (χ3n) is 4.48. The highest BCUT2D eigenvalue weighted by atomic mass is 35.5. The van der Waals surface area contributed by atoms with Crippen molar-refractivity contribution in [1.29, 1.82) is 0 Å². The molecule has 1 heterocycles. The summed E-state index contributed by atoms with van der Waals surface area (Å²) in [5, 5.41) is 15.2. The molecule has 4 rings (SSSR count). The van der Waals surface area contributed by atoms with Gasteiger partial charge in [-0.1, -0.05) is 35.9 Å². The zero-order valence-electron chi connectivity index (χ0n) is 14.2. The number of hydrogen-bond acceptors (Lipinski definition) is 5. The van der Waals surface area contributed by atoms with E-state index in [0.29, 0.717) is 16.5 Å². The summed E-state index contributed by atoms with van der Waals surface area (Å²) in [5.74, 6) is 0.650. The summed E-state index contributed by atoms with van der Waals surface area (Å²) in [5.41, 5.74) is 0.797. The maximum Gasteiger partial charge on any atom is 0.159 e. The van der Waals surface area contributed by atoms with Gasteiger partial charge in [-0.25, -0.2) is 9.67 Å². The quantitative estimate of drug-likeness (QED) is 0.721. The van der Waals surface area contributed by atoms with Crippen LogP contribution in [-0.2, 0) is 4.79 Å². The normalized spacial score (nSPS) is 19.6. The summed E-state index contributed by atoms with van der Waals surface area (Å²) in [7, 11) is 0. The smallest absolute Gasteiger partial charge is 0.159 e. The van der Waals surface area contributed by atoms with E-state index < -0.39 is 6.04 Å². The lowest BCUT2D eigenvalue weighted by atomic mass is 9.81. The monoisotopic (exact) mass is 381 g/mol. The van der Waals surface area contributed by atoms with Crippen molar-refractivity contribution in [3.8, 4) is 11.5 Å². The third-order valence-corrected chi connectivity index (χ3v) is 4.71. The highest BCUT2D eigenvalue weighted by Crippen LogP contribution is 2.43. The number of nitrogens with zero attached hydrogens (tertiary/aromatic N) is 3. The fourth-order valence-electron chi connectivity index (χ4n) is 3.34. The van der Waals surface area contributed by atoms with Crippen molar-refractivity contribution in [3.63, 3.8) is 0 Å². The number of allylic oxidation sites excluding steroid dienone is 2. The Bertz CT molecular complexity index is 1000. The minimum atomic E-state index is -0.533. The lowest BCUT2D eigenvalue weighted by Gasteiger charge is -2.30. The van der Waals surface area contributed by atoms with Gasteiger partial charge in [0.1, 0.15) is 36.0 Å². The molecule has 0 saturated heterocycles. The SMILES string of the molecule is O=C1C=C(O)C(n2cncn2)C(c2ccccc2Oc2cccc(Cl)c2)C1. The highest BCUT2D eigenvalue weighted by Gasteiger charge is 2.36. The number of aliphatic hydroxyl groups excluding tert-OH is 1. The van der Waals surface area contributed by atoms with Gasteiger partial charge in [0.05, 0.1) is 0 Å². The Hall–Kier alpha value is -3.12. The third kappa shape index (κ3) is 3.57. The molecule has 136 valence electrons. The van der Waals surface area contributed by atoms with E-state index in [4.69, 9.17) is 16.3 Å². The van der Waals surface area contributed by atoms with Crippen LogP contribution in [0.3, 0.4) is 0 Å². The van der Waals surface area contributed by atoms with Crippen molar-refractivity contribution in [2.75, 3.05) is 0 Å². The molecule has 0 saturated carbocycles. The molecule has 0 radical (unpaired) electrons. The number of aromatic nitrogens is 3. The van der Waals surface area contributed by atoms with Crippen LogP contribution in [-0.4, -0.2) is 25.7 Å². The second kappa shape index (κ2) is 7.25. The molecule has 2 aromatic carbocycles. The number of carbonyl (C=O) groups excluding carboxylic acids is 1. The first-order chi connectivity index (χ1) is 13.1. The Morgan fingerprint density at radius 1 is 1.19 bits per heavy atom. The van der Waals surface area contributed by atoms with Crippen LogP contribution in [0.5, 0.6) is 11.5 Å². The predicted octanol–water partition coefficient (Wildman–Crippen LogP) is 4.46. The average molecular weight is 382 g/mol. The second-order valence-electron chi connectivity index (χ2n) is 6.26. The predicted molar refractivity (Wildman–Crippen MR) is 100 cm³/mol. The Labute approximate surface area is 160 Å². The molecule has 1 aromatic heterocycles. The molecule has 0 amide bonds. The molecule has 0 bridgehead atoms. The first kappa shape index (κ1) is 17.3. The second-order valence-corrected chi connectivity index (χ2v) is 6.70. The summed E-state index contributed by atoms with van der Waals surface area (Å²) < 4.78 is 7.59. The largest absolute Gasteiger partial charge is 0.510 e. The van der Waals surface area contributed by atoms with E-state index in [1.54, 1.807) is 28.9 Å². The first-order valence-corrected chi connectivity index (χ1v) is 8.79. The fourth-order valence-corrected chi connectivity index (χ4v) is 3.52. The van der Waals surface area contributed by atoms with Crippen molar-refractivity contribution in [2.24, 2.45) is 0 Å². The number of ketones is 1. The minimum absolute atomic E-state index is 0.0423. The number of para-hydroxylation sites is 1. The van der Waals surface area contributed by atoms with Crippen LogP contribution in [0.25, 0.3) is 0 Å². The number of halogens is 1. The molecule has 2 atom stereocenters. The Morgan fingerprint density at radius 3 is 2.81 bits per heavy atom. The van der Waals surface area contributed by atoms with Crippen LogP contribution in [0.15, 0.2) is 73.0 Å². The van der Waals surface area contributed by atoms with Gasteiger partial charge in [0, 0.05) is 29.0 Å². The van der Waals surface area contributed by atoms with Gasteiger partial charge in [-0.05, 0) is 24.3 Å². The van der Waals surface area contributed by atoms with Gasteiger partial charge in [-0.3, -0.25) is 4.79 Å². The maximum atomic E-state index is 12.1. The molecule has 0 aliphatic heterocycles. The summed E-state index contributed by atoms with van der Waals surface area (Å²) >= 11 is 6.04. The average Bonchev–Trinajstić information content (AvgIpc) is 3.16. The minimum Gasteiger partial charge on any atom is -0.510 e. The van der Waals surface area contributed by atoms with Crippen molar-refractivity contribution in [3.05, 3.63) is 83.6 Å². The lowest BCUT2D eigenvalue weighted by molar-refractivity contribution is -0.116. The summed E-state index contributed by atoms with van der Waals surface area (Å²) in [6, 6.07) is 14.0. The van der Waals surface area contributed by atoms with Crippen LogP contribution >= 0.6 is 11.6 Å². The van der Waals surface area contributed by atoms with Gasteiger partial charge in [-0.2, -0.15) is 5.10 Å². The van der Waals surface area contributed by atoms with Crippen molar-refractivity contribution in [2.45, 2.75) is 18.4 Å². The van der Waals surface area contributed by atoms with Gasteiger partial charge in [0.15, 0.2) is 5.78 Å². The van der Waals surface area contributed by atoms with Crippen LogP contribution in [0.2, 0.25) is 5.02 Å². The van der Waals surface area contributed by atoms with Gasteiger partial charge in [0.25, 0.3) is 0 Å². The van der Waals surface area contributed by atoms with Crippen LogP contribution in [0.4, 0.5) is 0 Å². The molecular formula is C20H16ClN3O3. The van der Waals surface area contributed by atoms with Gasteiger partial charge in [0.2, 0.25) is 0 Å². The van der Waals surface area contributed by atoms with Crippen LogP contribution in [0, 0.1) is 0 Å². The Morgan fingerprint density at radius 2 is 2.04 bits per heavy atom. The number of carbonyl (C=O) groups is 1. The Kier molecular flexibility index (Phi) is 4.64. The maximum absolute atomic E-state index is 12.1. The van der Waals surface area contributed by atoms with Crippen LogP contribution < -0.4 is 4.74 Å². The molecule has 1 aliphatic rings. The zero-order chi connectivity index (χ0) is 18.8. The molecule has 1 aliphatic carbocycles. The fraction of sp³-hybridized carbons (Fsp3) is 0.150. The molecule has 27 heavy (non-hydrogen) atoms. The number of hydrogen-bond donors (Lipinski definition) is 1. The van der Waals surface area contributed by atoms with E-state index in [2.05, 4.69) is 10.1 Å². The molecule has 7 heteroatoms. The number of benzene rings is 2. The molecule has 0 spiro atoms.